The van der Waals surface area contributed by atoms with Crippen LogP contribution in [0.15, 0.2) is 28.7 Å². The molecule has 0 heterocycles. The molecule has 2 N–H and O–H groups in total. The molecule has 0 aromatic heterocycles. The number of benzene rings is 1. The molecule has 2 atom stereocenters. The molecule has 0 amide bonds. The van der Waals surface area contributed by atoms with Crippen molar-refractivity contribution in [3.8, 4) is 0 Å². The number of hydrogen-bond donors (Lipinski definition) is 2. The summed E-state index contributed by atoms with van der Waals surface area (Å²) in [5.74, 6) is 0.559. The van der Waals surface area contributed by atoms with Crippen molar-refractivity contribution in [3.05, 3.63) is 28.7 Å². The number of halogens is 1. The first-order chi connectivity index (χ1) is 8.72. The number of nitrogens with one attached hydrogen (secondary N) is 1. The number of aliphatic hydroxyl groups excluding tert-OH is 1. The molecule has 1 saturated carbocycles. The molecule has 3 heteroatoms. The van der Waals surface area contributed by atoms with Crippen molar-refractivity contribution in [2.24, 2.45) is 5.92 Å². The Labute approximate surface area is 118 Å². The molecular formula is C15H22BrNO. The predicted octanol–water partition coefficient (Wildman–Crippen LogP) is 4.19. The molecule has 1 aromatic carbocycles. The first kappa shape index (κ1) is 13.9. The summed E-state index contributed by atoms with van der Waals surface area (Å²) in [5.41, 5.74) is 0.948. The second-order valence-electron chi connectivity index (χ2n) is 5.27. The molecule has 100 valence electrons. The van der Waals surface area contributed by atoms with Crippen LogP contribution in [0.3, 0.4) is 0 Å². The fraction of sp³-hybridized carbons (Fsp3) is 0.600. The van der Waals surface area contributed by atoms with Gasteiger partial charge in [0.05, 0.1) is 12.1 Å². The average molecular weight is 312 g/mol. The molecule has 18 heavy (non-hydrogen) atoms. The van der Waals surface area contributed by atoms with Gasteiger partial charge in [-0.05, 0) is 46.8 Å². The number of hydrogen-bond acceptors (Lipinski definition) is 2. The van der Waals surface area contributed by atoms with E-state index in [0.29, 0.717) is 5.92 Å². The van der Waals surface area contributed by atoms with E-state index < -0.39 is 0 Å². The highest BCUT2D eigenvalue weighted by atomic mass is 79.9. The van der Waals surface area contributed by atoms with E-state index in [9.17, 15) is 5.11 Å². The van der Waals surface area contributed by atoms with Crippen LogP contribution in [0.4, 0.5) is 5.69 Å². The fourth-order valence-electron chi connectivity index (χ4n) is 3.15. The molecule has 1 aliphatic carbocycles. The van der Waals surface area contributed by atoms with Crippen LogP contribution in [0.2, 0.25) is 0 Å². The molecule has 1 fully saturated rings. The van der Waals surface area contributed by atoms with Gasteiger partial charge in [-0.25, -0.2) is 0 Å². The molecule has 1 aromatic rings. The minimum Gasteiger partial charge on any atom is -0.394 e. The van der Waals surface area contributed by atoms with Crippen molar-refractivity contribution in [2.45, 2.75) is 44.6 Å². The molecule has 1 aliphatic rings. The molecule has 2 nitrogen and oxygen atoms in total. The van der Waals surface area contributed by atoms with E-state index in [1.165, 1.54) is 19.3 Å². The molecular weight excluding hydrogens is 290 g/mol. The summed E-state index contributed by atoms with van der Waals surface area (Å²) in [4.78, 5) is 0. The zero-order valence-electron chi connectivity index (χ0n) is 11.0. The smallest absolute Gasteiger partial charge is 0.0664 e. The van der Waals surface area contributed by atoms with Crippen molar-refractivity contribution in [1.29, 1.82) is 0 Å². The van der Waals surface area contributed by atoms with Crippen molar-refractivity contribution < 1.29 is 5.11 Å². The maximum atomic E-state index is 9.92. The Kier molecular flexibility index (Phi) is 4.68. The van der Waals surface area contributed by atoms with Gasteiger partial charge >= 0.3 is 0 Å². The summed E-state index contributed by atoms with van der Waals surface area (Å²) in [6, 6.07) is 8.15. The topological polar surface area (TPSA) is 32.3 Å². The second-order valence-corrected chi connectivity index (χ2v) is 6.12. The van der Waals surface area contributed by atoms with E-state index in [0.717, 1.165) is 23.0 Å². The van der Waals surface area contributed by atoms with Gasteiger partial charge < -0.3 is 10.4 Å². The summed E-state index contributed by atoms with van der Waals surface area (Å²) >= 11 is 3.57. The second kappa shape index (κ2) is 6.07. The maximum absolute atomic E-state index is 9.92. The van der Waals surface area contributed by atoms with E-state index in [4.69, 9.17) is 0 Å². The summed E-state index contributed by atoms with van der Waals surface area (Å²) in [5, 5.41) is 13.5. The van der Waals surface area contributed by atoms with Crippen LogP contribution in [0, 0.1) is 5.92 Å². The van der Waals surface area contributed by atoms with Crippen molar-refractivity contribution in [1.82, 2.24) is 0 Å². The maximum Gasteiger partial charge on any atom is 0.0664 e. The Balaban J connectivity index is 2.24. The monoisotopic (exact) mass is 311 g/mol. The van der Waals surface area contributed by atoms with Gasteiger partial charge in [0.15, 0.2) is 0 Å². The highest BCUT2D eigenvalue weighted by Crippen LogP contribution is 2.39. The van der Waals surface area contributed by atoms with Crippen LogP contribution in [-0.4, -0.2) is 17.3 Å². The van der Waals surface area contributed by atoms with Crippen molar-refractivity contribution >= 4 is 21.6 Å². The van der Waals surface area contributed by atoms with Crippen LogP contribution in [-0.2, 0) is 0 Å². The van der Waals surface area contributed by atoms with E-state index >= 15 is 0 Å². The lowest BCUT2D eigenvalue weighted by Crippen LogP contribution is -2.50. The minimum atomic E-state index is -0.142. The third-order valence-corrected chi connectivity index (χ3v) is 4.93. The predicted molar refractivity (Wildman–Crippen MR) is 79.8 cm³/mol. The molecule has 2 rings (SSSR count). The van der Waals surface area contributed by atoms with Gasteiger partial charge in [0.25, 0.3) is 0 Å². The molecule has 0 aliphatic heterocycles. The van der Waals surface area contributed by atoms with Gasteiger partial charge in [0, 0.05) is 10.2 Å². The Bertz CT molecular complexity index is 396. The lowest BCUT2D eigenvalue weighted by molar-refractivity contribution is 0.114. The minimum absolute atomic E-state index is 0.142. The summed E-state index contributed by atoms with van der Waals surface area (Å²) in [7, 11) is 0. The van der Waals surface area contributed by atoms with Crippen LogP contribution in [0.1, 0.15) is 39.0 Å². The average Bonchev–Trinajstić information content (AvgIpc) is 2.42. The molecule has 0 spiro atoms. The fourth-order valence-corrected chi connectivity index (χ4v) is 3.53. The van der Waals surface area contributed by atoms with Crippen LogP contribution >= 0.6 is 15.9 Å². The summed E-state index contributed by atoms with van der Waals surface area (Å²) < 4.78 is 1.07. The Morgan fingerprint density at radius 2 is 2.17 bits per heavy atom. The summed E-state index contributed by atoms with van der Waals surface area (Å²) in [6.45, 7) is 2.44. The number of para-hydroxylation sites is 1. The first-order valence-electron chi connectivity index (χ1n) is 6.85. The van der Waals surface area contributed by atoms with Gasteiger partial charge in [-0.3, -0.25) is 0 Å². The third-order valence-electron chi connectivity index (χ3n) is 4.24. The Morgan fingerprint density at radius 1 is 1.39 bits per heavy atom. The normalized spacial score (nSPS) is 28.1. The quantitative estimate of drug-likeness (QED) is 0.873. The third kappa shape index (κ3) is 2.72. The van der Waals surface area contributed by atoms with Gasteiger partial charge in [-0.15, -0.1) is 0 Å². The van der Waals surface area contributed by atoms with Gasteiger partial charge in [-0.1, -0.05) is 38.3 Å². The standard InChI is InChI=1S/C15H22BrNO/c1-2-12-7-5-6-10-15(12,11-18)17-14-9-4-3-8-13(14)16/h3-4,8-9,12,17-18H,2,5-7,10-11H2,1H3. The molecule has 0 saturated heterocycles. The zero-order chi connectivity index (χ0) is 13.0. The molecule has 0 radical (unpaired) electrons. The Morgan fingerprint density at radius 3 is 2.83 bits per heavy atom. The van der Waals surface area contributed by atoms with Crippen molar-refractivity contribution in [2.75, 3.05) is 11.9 Å². The number of rotatable bonds is 4. The largest absolute Gasteiger partial charge is 0.394 e. The van der Waals surface area contributed by atoms with Crippen LogP contribution < -0.4 is 5.32 Å². The van der Waals surface area contributed by atoms with E-state index in [1.54, 1.807) is 0 Å². The highest BCUT2D eigenvalue weighted by molar-refractivity contribution is 9.10. The van der Waals surface area contributed by atoms with Crippen LogP contribution in [0.5, 0.6) is 0 Å². The van der Waals surface area contributed by atoms with E-state index in [1.807, 2.05) is 18.2 Å². The van der Waals surface area contributed by atoms with Crippen molar-refractivity contribution in [3.63, 3.8) is 0 Å². The zero-order valence-corrected chi connectivity index (χ0v) is 12.5. The van der Waals surface area contributed by atoms with E-state index in [-0.39, 0.29) is 12.1 Å². The lowest BCUT2D eigenvalue weighted by atomic mass is 9.71. The Hall–Kier alpha value is -0.540. The highest BCUT2D eigenvalue weighted by Gasteiger charge is 2.39. The van der Waals surface area contributed by atoms with Crippen LogP contribution in [0.25, 0.3) is 0 Å². The van der Waals surface area contributed by atoms with Gasteiger partial charge in [-0.2, -0.15) is 0 Å². The van der Waals surface area contributed by atoms with Gasteiger partial charge in [0.2, 0.25) is 0 Å². The molecule has 0 bridgehead atoms. The molecule has 2 unspecified atom stereocenters. The number of aliphatic hydroxyl groups is 1. The lowest BCUT2D eigenvalue weighted by Gasteiger charge is -2.44. The van der Waals surface area contributed by atoms with E-state index in [2.05, 4.69) is 34.2 Å². The summed E-state index contributed by atoms with van der Waals surface area (Å²) in [6.07, 6.45) is 5.89. The first-order valence-corrected chi connectivity index (χ1v) is 7.64. The number of anilines is 1. The SMILES string of the molecule is CCC1CCCCC1(CO)Nc1ccccc1Br. The van der Waals surface area contributed by atoms with Gasteiger partial charge in [0.1, 0.15) is 0 Å².